The van der Waals surface area contributed by atoms with Gasteiger partial charge in [-0.2, -0.15) is 0 Å². The lowest BCUT2D eigenvalue weighted by Gasteiger charge is -2.26. The normalized spacial score (nSPS) is 11.6. The third-order valence-electron chi connectivity index (χ3n) is 5.28. The van der Waals surface area contributed by atoms with Crippen molar-refractivity contribution in [1.29, 1.82) is 0 Å². The molecular weight excluding hydrogens is 444 g/mol. The highest BCUT2D eigenvalue weighted by Gasteiger charge is 2.29. The molecule has 0 radical (unpaired) electrons. The Hall–Kier alpha value is -3.59. The number of nitrogens with zero attached hydrogens (tertiary/aromatic N) is 3. The van der Waals surface area contributed by atoms with Crippen molar-refractivity contribution in [2.75, 3.05) is 26.1 Å². The van der Waals surface area contributed by atoms with Gasteiger partial charge in [0, 0.05) is 41.3 Å². The summed E-state index contributed by atoms with van der Waals surface area (Å²) in [6.45, 7) is 5.98. The van der Waals surface area contributed by atoms with Crippen molar-refractivity contribution >= 4 is 45.3 Å². The first-order valence-corrected chi connectivity index (χ1v) is 10.8. The van der Waals surface area contributed by atoms with E-state index in [9.17, 15) is 4.79 Å². The van der Waals surface area contributed by atoms with Gasteiger partial charge in [-0.15, -0.1) is 0 Å². The average Bonchev–Trinajstić information content (AvgIpc) is 3.21. The Balaban J connectivity index is 1.95. The molecule has 0 aliphatic carbocycles. The van der Waals surface area contributed by atoms with Crippen molar-refractivity contribution in [3.63, 3.8) is 0 Å². The van der Waals surface area contributed by atoms with Gasteiger partial charge in [-0.25, -0.2) is 15.0 Å². The summed E-state index contributed by atoms with van der Waals surface area (Å²) in [7, 11) is 3.13. The molecule has 0 spiro atoms. The zero-order valence-electron chi connectivity index (χ0n) is 19.0. The maximum atomic E-state index is 12.7. The monoisotopic (exact) mass is 468 g/mol. The first kappa shape index (κ1) is 22.6. The van der Waals surface area contributed by atoms with Gasteiger partial charge in [0.05, 0.1) is 24.8 Å². The summed E-state index contributed by atoms with van der Waals surface area (Å²) in [4.78, 5) is 29.7. The van der Waals surface area contributed by atoms with Crippen LogP contribution in [0.4, 0.5) is 5.82 Å². The Kier molecular flexibility index (Phi) is 5.99. The number of aromatic amines is 1. The number of nitrogens with one attached hydrogen (secondary N) is 3. The Labute approximate surface area is 195 Å². The van der Waals surface area contributed by atoms with Gasteiger partial charge in [0.2, 0.25) is 5.91 Å². The summed E-state index contributed by atoms with van der Waals surface area (Å²) >= 11 is 6.18. The van der Waals surface area contributed by atoms with Gasteiger partial charge in [0.1, 0.15) is 17.0 Å². The summed E-state index contributed by atoms with van der Waals surface area (Å²) in [6.07, 6.45) is 3.36. The quantitative estimate of drug-likeness (QED) is 0.373. The van der Waals surface area contributed by atoms with Crippen LogP contribution < -0.4 is 20.1 Å². The first-order valence-electron chi connectivity index (χ1n) is 10.4. The maximum absolute atomic E-state index is 12.7. The van der Waals surface area contributed by atoms with Crippen LogP contribution in [0.3, 0.4) is 0 Å². The molecule has 0 saturated carbocycles. The van der Waals surface area contributed by atoms with Gasteiger partial charge in [-0.05, 0) is 32.9 Å². The molecule has 9 nitrogen and oxygen atoms in total. The third-order valence-corrected chi connectivity index (χ3v) is 5.48. The van der Waals surface area contributed by atoms with Crippen LogP contribution in [0, 0.1) is 0 Å². The summed E-state index contributed by atoms with van der Waals surface area (Å²) in [5.41, 5.74) is 1.08. The van der Waals surface area contributed by atoms with Gasteiger partial charge in [0.25, 0.3) is 0 Å². The minimum absolute atomic E-state index is 0.151. The Morgan fingerprint density at radius 2 is 1.85 bits per heavy atom. The van der Waals surface area contributed by atoms with Gasteiger partial charge in [-0.3, -0.25) is 4.79 Å². The van der Waals surface area contributed by atoms with Crippen LogP contribution in [0.25, 0.3) is 33.3 Å². The van der Waals surface area contributed by atoms with E-state index in [1.165, 1.54) is 0 Å². The predicted octanol–water partition coefficient (Wildman–Crippen LogP) is 4.17. The molecule has 3 heterocycles. The molecule has 4 rings (SSSR count). The minimum atomic E-state index is -0.938. The Morgan fingerprint density at radius 3 is 2.55 bits per heavy atom. The van der Waals surface area contributed by atoms with Crippen LogP contribution in [0.1, 0.15) is 20.8 Å². The van der Waals surface area contributed by atoms with Crippen LogP contribution in [0.5, 0.6) is 11.5 Å². The van der Waals surface area contributed by atoms with E-state index in [1.54, 1.807) is 52.6 Å². The Morgan fingerprint density at radius 1 is 1.12 bits per heavy atom. The van der Waals surface area contributed by atoms with Crippen LogP contribution in [0.2, 0.25) is 5.02 Å². The molecule has 0 unspecified atom stereocenters. The summed E-state index contributed by atoms with van der Waals surface area (Å²) in [5.74, 6) is 1.84. The smallest absolute Gasteiger partial charge is 0.245 e. The van der Waals surface area contributed by atoms with Crippen molar-refractivity contribution in [2.45, 2.75) is 26.3 Å². The van der Waals surface area contributed by atoms with Gasteiger partial charge >= 0.3 is 0 Å². The summed E-state index contributed by atoms with van der Waals surface area (Å²) in [6, 6.07) is 5.38. The SMILES string of the molecule is CCNC(=O)C(C)(C)Nc1nc(-c2c[nH]c3ncc(Cl)cc23)nc2cc(OC)c(OC)cc12. The van der Waals surface area contributed by atoms with Gasteiger partial charge < -0.3 is 25.1 Å². The fourth-order valence-electron chi connectivity index (χ4n) is 3.57. The maximum Gasteiger partial charge on any atom is 0.245 e. The molecule has 0 atom stereocenters. The van der Waals surface area contributed by atoms with Crippen molar-refractivity contribution < 1.29 is 14.3 Å². The number of methoxy groups -OCH3 is 2. The number of carbonyl (C=O) groups is 1. The number of ether oxygens (including phenoxy) is 2. The summed E-state index contributed by atoms with van der Waals surface area (Å²) in [5, 5.41) is 8.11. The minimum Gasteiger partial charge on any atom is -0.493 e. The van der Waals surface area contributed by atoms with Crippen LogP contribution in [-0.4, -0.2) is 52.1 Å². The van der Waals surface area contributed by atoms with Crippen LogP contribution in [-0.2, 0) is 4.79 Å². The third kappa shape index (κ3) is 4.23. The molecule has 172 valence electrons. The highest BCUT2D eigenvalue weighted by Crippen LogP contribution is 2.37. The largest absolute Gasteiger partial charge is 0.493 e. The number of hydrogen-bond donors (Lipinski definition) is 3. The van der Waals surface area contributed by atoms with E-state index in [4.69, 9.17) is 31.0 Å². The number of rotatable bonds is 7. The van der Waals surface area contributed by atoms with Crippen molar-refractivity contribution in [3.05, 3.63) is 35.6 Å². The number of amides is 1. The predicted molar refractivity (Wildman–Crippen MR) is 129 cm³/mol. The number of fused-ring (bicyclic) bond motifs is 2. The molecule has 0 bridgehead atoms. The molecule has 33 heavy (non-hydrogen) atoms. The second kappa shape index (κ2) is 8.74. The highest BCUT2D eigenvalue weighted by atomic mass is 35.5. The van der Waals surface area contributed by atoms with E-state index >= 15 is 0 Å². The topological polar surface area (TPSA) is 114 Å². The van der Waals surface area contributed by atoms with Crippen molar-refractivity contribution in [3.8, 4) is 22.9 Å². The molecule has 3 aromatic heterocycles. The van der Waals surface area contributed by atoms with E-state index in [0.29, 0.717) is 51.3 Å². The number of likely N-dealkylation sites (N-methyl/N-ethyl adjacent to an activating group) is 1. The number of H-pyrrole nitrogens is 1. The van der Waals surface area contributed by atoms with Gasteiger partial charge in [0.15, 0.2) is 17.3 Å². The zero-order valence-corrected chi connectivity index (χ0v) is 19.8. The van der Waals surface area contributed by atoms with E-state index in [2.05, 4.69) is 20.6 Å². The molecule has 0 aliphatic heterocycles. The number of pyridine rings is 1. The fourth-order valence-corrected chi connectivity index (χ4v) is 3.73. The lowest BCUT2D eigenvalue weighted by atomic mass is 10.0. The highest BCUT2D eigenvalue weighted by molar-refractivity contribution is 6.31. The van der Waals surface area contributed by atoms with Crippen molar-refractivity contribution in [1.82, 2.24) is 25.3 Å². The molecule has 1 aromatic carbocycles. The Bertz CT molecular complexity index is 1350. The fraction of sp³-hybridized carbons (Fsp3) is 0.304. The second-order valence-corrected chi connectivity index (χ2v) is 8.42. The van der Waals surface area contributed by atoms with Crippen LogP contribution in [0.15, 0.2) is 30.6 Å². The van der Waals surface area contributed by atoms with E-state index in [0.717, 1.165) is 10.9 Å². The molecule has 0 fully saturated rings. The van der Waals surface area contributed by atoms with E-state index in [-0.39, 0.29) is 5.91 Å². The number of carbonyl (C=O) groups excluding carboxylic acids is 1. The number of benzene rings is 1. The standard InChI is InChI=1S/C23H25ClN6O3/c1-6-25-22(31)23(2,3)30-21-14-8-17(32-4)18(33-5)9-16(14)28-20(29-21)15-11-27-19-13(15)7-12(24)10-26-19/h7-11H,6H2,1-5H3,(H,25,31)(H,26,27)(H,28,29,30). The lowest BCUT2D eigenvalue weighted by Crippen LogP contribution is -2.48. The molecule has 10 heteroatoms. The number of anilines is 1. The zero-order chi connectivity index (χ0) is 23.8. The van der Waals surface area contributed by atoms with Crippen LogP contribution >= 0.6 is 11.6 Å². The van der Waals surface area contributed by atoms with Crippen molar-refractivity contribution in [2.24, 2.45) is 0 Å². The molecule has 0 aliphatic rings. The molecule has 1 amide bonds. The second-order valence-electron chi connectivity index (χ2n) is 7.98. The van der Waals surface area contributed by atoms with E-state index in [1.807, 2.05) is 13.0 Å². The number of aromatic nitrogens is 4. The number of halogens is 1. The summed E-state index contributed by atoms with van der Waals surface area (Å²) < 4.78 is 10.9. The lowest BCUT2D eigenvalue weighted by molar-refractivity contribution is -0.124. The molecule has 3 N–H and O–H groups in total. The first-order chi connectivity index (χ1) is 15.8. The van der Waals surface area contributed by atoms with E-state index < -0.39 is 5.54 Å². The molecule has 4 aromatic rings. The molecular formula is C23H25ClN6O3. The van der Waals surface area contributed by atoms with Gasteiger partial charge in [-0.1, -0.05) is 11.6 Å². The number of hydrogen-bond acceptors (Lipinski definition) is 7. The average molecular weight is 469 g/mol. The molecule has 0 saturated heterocycles.